The molecule has 1 N–H and O–H groups in total. The molecule has 1 aromatic heterocycles. The Labute approximate surface area is 98.8 Å². The third kappa shape index (κ3) is 4.74. The zero-order valence-electron chi connectivity index (χ0n) is 9.13. The van der Waals surface area contributed by atoms with Crippen LogP contribution in [0.3, 0.4) is 0 Å². The molecule has 1 amide bonds. The first-order chi connectivity index (χ1) is 8.24. The monoisotopic (exact) mass is 232 g/mol. The standard InChI is InChI=1S/C12H12N2O3/c1-2-9-17-11(15)6-8-14-12(16)10-5-3-4-7-13-10/h2-8H,1,9H2,(H,14,16)/b8-6+. The van der Waals surface area contributed by atoms with Gasteiger partial charge in [0.05, 0.1) is 0 Å². The Morgan fingerprint density at radius 1 is 1.47 bits per heavy atom. The van der Waals surface area contributed by atoms with Crippen molar-refractivity contribution in [1.29, 1.82) is 0 Å². The topological polar surface area (TPSA) is 68.3 Å². The van der Waals surface area contributed by atoms with Crippen molar-refractivity contribution in [2.75, 3.05) is 6.61 Å². The summed E-state index contributed by atoms with van der Waals surface area (Å²) >= 11 is 0. The molecule has 0 fully saturated rings. The molecule has 0 atom stereocenters. The van der Waals surface area contributed by atoms with Crippen LogP contribution in [0.5, 0.6) is 0 Å². The lowest BCUT2D eigenvalue weighted by atomic mass is 10.3. The fourth-order valence-electron chi connectivity index (χ4n) is 0.946. The Morgan fingerprint density at radius 3 is 2.94 bits per heavy atom. The molecule has 0 aliphatic carbocycles. The fraction of sp³-hybridized carbons (Fsp3) is 0.0833. The van der Waals surface area contributed by atoms with E-state index in [-0.39, 0.29) is 12.3 Å². The summed E-state index contributed by atoms with van der Waals surface area (Å²) in [5.41, 5.74) is 0.275. The zero-order valence-corrected chi connectivity index (χ0v) is 9.13. The van der Waals surface area contributed by atoms with Gasteiger partial charge in [0, 0.05) is 18.5 Å². The van der Waals surface area contributed by atoms with Crippen molar-refractivity contribution in [3.05, 3.63) is 55.0 Å². The van der Waals surface area contributed by atoms with Crippen molar-refractivity contribution in [3.8, 4) is 0 Å². The highest BCUT2D eigenvalue weighted by Gasteiger charge is 2.03. The fourth-order valence-corrected chi connectivity index (χ4v) is 0.946. The Balaban J connectivity index is 2.41. The van der Waals surface area contributed by atoms with E-state index in [4.69, 9.17) is 0 Å². The number of nitrogens with one attached hydrogen (secondary N) is 1. The van der Waals surface area contributed by atoms with Crippen LogP contribution in [0.2, 0.25) is 0 Å². The molecule has 5 nitrogen and oxygen atoms in total. The van der Waals surface area contributed by atoms with E-state index < -0.39 is 11.9 Å². The summed E-state index contributed by atoms with van der Waals surface area (Å²) in [6.07, 6.45) is 5.29. The van der Waals surface area contributed by atoms with Gasteiger partial charge in [0.2, 0.25) is 0 Å². The molecule has 17 heavy (non-hydrogen) atoms. The van der Waals surface area contributed by atoms with Crippen LogP contribution in [0.1, 0.15) is 10.5 Å². The van der Waals surface area contributed by atoms with Gasteiger partial charge in [-0.05, 0) is 12.1 Å². The number of aromatic nitrogens is 1. The maximum absolute atomic E-state index is 11.4. The van der Waals surface area contributed by atoms with Crippen molar-refractivity contribution in [2.24, 2.45) is 0 Å². The molecule has 88 valence electrons. The smallest absolute Gasteiger partial charge is 0.332 e. The molecular weight excluding hydrogens is 220 g/mol. The van der Waals surface area contributed by atoms with Crippen LogP contribution < -0.4 is 5.32 Å². The second-order valence-corrected chi connectivity index (χ2v) is 2.94. The lowest BCUT2D eigenvalue weighted by Crippen LogP contribution is -2.18. The van der Waals surface area contributed by atoms with E-state index >= 15 is 0 Å². The van der Waals surface area contributed by atoms with Crippen LogP contribution in [-0.2, 0) is 9.53 Å². The van der Waals surface area contributed by atoms with E-state index in [1.807, 2.05) is 0 Å². The average Bonchev–Trinajstić information content (AvgIpc) is 2.37. The van der Waals surface area contributed by atoms with Crippen molar-refractivity contribution in [1.82, 2.24) is 10.3 Å². The van der Waals surface area contributed by atoms with Crippen LogP contribution in [0.25, 0.3) is 0 Å². The van der Waals surface area contributed by atoms with Crippen LogP contribution in [-0.4, -0.2) is 23.5 Å². The molecule has 1 aromatic rings. The van der Waals surface area contributed by atoms with Gasteiger partial charge in [-0.1, -0.05) is 18.7 Å². The lowest BCUT2D eigenvalue weighted by molar-refractivity contribution is -0.136. The van der Waals surface area contributed by atoms with E-state index in [9.17, 15) is 9.59 Å². The Kier molecular flexibility index (Phi) is 5.16. The molecule has 1 heterocycles. The number of nitrogens with zero attached hydrogens (tertiary/aromatic N) is 1. The van der Waals surface area contributed by atoms with E-state index in [1.165, 1.54) is 18.5 Å². The molecular formula is C12H12N2O3. The summed E-state index contributed by atoms with van der Waals surface area (Å²) in [6, 6.07) is 4.97. The Hall–Kier alpha value is -2.43. The molecule has 0 aromatic carbocycles. The molecule has 0 saturated carbocycles. The third-order valence-corrected chi connectivity index (χ3v) is 1.67. The summed E-state index contributed by atoms with van der Waals surface area (Å²) in [6.45, 7) is 3.54. The normalized spacial score (nSPS) is 9.88. The maximum Gasteiger partial charge on any atom is 0.332 e. The van der Waals surface area contributed by atoms with Crippen molar-refractivity contribution < 1.29 is 14.3 Å². The number of amides is 1. The molecule has 0 spiro atoms. The van der Waals surface area contributed by atoms with Gasteiger partial charge >= 0.3 is 5.97 Å². The van der Waals surface area contributed by atoms with E-state index in [1.54, 1.807) is 18.2 Å². The predicted molar refractivity (Wildman–Crippen MR) is 62.0 cm³/mol. The number of esters is 1. The van der Waals surface area contributed by atoms with Gasteiger partial charge in [-0.3, -0.25) is 9.78 Å². The molecule has 1 rings (SSSR count). The molecule has 5 heteroatoms. The van der Waals surface area contributed by atoms with Gasteiger partial charge in [0.25, 0.3) is 5.91 Å². The van der Waals surface area contributed by atoms with E-state index in [0.717, 1.165) is 6.08 Å². The molecule has 0 unspecified atom stereocenters. The summed E-state index contributed by atoms with van der Waals surface area (Å²) in [5, 5.41) is 2.40. The lowest BCUT2D eigenvalue weighted by Gasteiger charge is -1.98. The third-order valence-electron chi connectivity index (χ3n) is 1.67. The maximum atomic E-state index is 11.4. The summed E-state index contributed by atoms with van der Waals surface area (Å²) in [7, 11) is 0. The molecule has 0 radical (unpaired) electrons. The first-order valence-corrected chi connectivity index (χ1v) is 4.90. The van der Waals surface area contributed by atoms with Crippen LogP contribution >= 0.6 is 0 Å². The molecule has 0 aliphatic heterocycles. The highest BCUT2D eigenvalue weighted by Crippen LogP contribution is 1.92. The number of hydrogen-bond donors (Lipinski definition) is 1. The Bertz CT molecular complexity index is 427. The van der Waals surface area contributed by atoms with E-state index in [2.05, 4.69) is 21.6 Å². The van der Waals surface area contributed by atoms with Crippen molar-refractivity contribution in [2.45, 2.75) is 0 Å². The SMILES string of the molecule is C=CCOC(=O)/C=C/NC(=O)c1ccccn1. The van der Waals surface area contributed by atoms with Gasteiger partial charge in [0.15, 0.2) is 0 Å². The summed E-state index contributed by atoms with van der Waals surface area (Å²) in [5.74, 6) is -0.940. The number of hydrogen-bond acceptors (Lipinski definition) is 4. The number of rotatable bonds is 5. The minimum absolute atomic E-state index is 0.136. The minimum atomic E-state index is -0.550. The van der Waals surface area contributed by atoms with Gasteiger partial charge in [-0.2, -0.15) is 0 Å². The van der Waals surface area contributed by atoms with Gasteiger partial charge in [-0.15, -0.1) is 0 Å². The number of carbonyl (C=O) groups excluding carboxylic acids is 2. The number of carbonyl (C=O) groups is 2. The minimum Gasteiger partial charge on any atom is -0.458 e. The first-order valence-electron chi connectivity index (χ1n) is 4.90. The second kappa shape index (κ2) is 6.95. The summed E-state index contributed by atoms with van der Waals surface area (Å²) in [4.78, 5) is 26.3. The van der Waals surface area contributed by atoms with Crippen molar-refractivity contribution >= 4 is 11.9 Å². The predicted octanol–water partition coefficient (Wildman–Crippen LogP) is 1.05. The number of pyridine rings is 1. The summed E-state index contributed by atoms with van der Waals surface area (Å²) < 4.78 is 4.67. The highest BCUT2D eigenvalue weighted by molar-refractivity contribution is 5.93. The average molecular weight is 232 g/mol. The first kappa shape index (κ1) is 12.6. The quantitative estimate of drug-likeness (QED) is 0.468. The van der Waals surface area contributed by atoms with Crippen LogP contribution in [0.15, 0.2) is 49.3 Å². The molecule has 0 aliphatic rings. The number of ether oxygens (including phenoxy) is 1. The molecule has 0 saturated heterocycles. The zero-order chi connectivity index (χ0) is 12.5. The van der Waals surface area contributed by atoms with E-state index in [0.29, 0.717) is 0 Å². The second-order valence-electron chi connectivity index (χ2n) is 2.94. The van der Waals surface area contributed by atoms with Gasteiger partial charge in [0.1, 0.15) is 12.3 Å². The molecule has 0 bridgehead atoms. The van der Waals surface area contributed by atoms with Crippen LogP contribution in [0.4, 0.5) is 0 Å². The van der Waals surface area contributed by atoms with Gasteiger partial charge in [-0.25, -0.2) is 4.79 Å². The highest BCUT2D eigenvalue weighted by atomic mass is 16.5. The van der Waals surface area contributed by atoms with Crippen molar-refractivity contribution in [3.63, 3.8) is 0 Å². The largest absolute Gasteiger partial charge is 0.458 e. The Morgan fingerprint density at radius 2 is 2.29 bits per heavy atom. The van der Waals surface area contributed by atoms with Crippen LogP contribution in [0, 0.1) is 0 Å². The van der Waals surface area contributed by atoms with Gasteiger partial charge < -0.3 is 10.1 Å².